The monoisotopic (exact) mass is 283 g/mol. The van der Waals surface area contributed by atoms with E-state index >= 15 is 0 Å². The Labute approximate surface area is 127 Å². The van der Waals surface area contributed by atoms with Gasteiger partial charge in [0.1, 0.15) is 0 Å². The maximum Gasteiger partial charge on any atom is 0.0810 e. The molecule has 1 rings (SSSR count). The van der Waals surface area contributed by atoms with Crippen LogP contribution in [0, 0.1) is 11.3 Å². The zero-order valence-corrected chi connectivity index (χ0v) is 14.7. The standard InChI is InChI=1S/C18H37NO/c1-7-13-19-14-18(20-15(3)8-2)11-9-16(10-12-18)17(4,5)6/h15-16,19H,7-14H2,1-6H3. The third kappa shape index (κ3) is 5.37. The van der Waals surface area contributed by atoms with E-state index in [1.54, 1.807) is 0 Å². The molecular weight excluding hydrogens is 246 g/mol. The maximum absolute atomic E-state index is 6.47. The van der Waals surface area contributed by atoms with Gasteiger partial charge in [0.15, 0.2) is 0 Å². The van der Waals surface area contributed by atoms with Gasteiger partial charge in [-0.3, -0.25) is 0 Å². The number of ether oxygens (including phenoxy) is 1. The molecule has 0 aromatic carbocycles. The quantitative estimate of drug-likeness (QED) is 0.679. The van der Waals surface area contributed by atoms with Crippen LogP contribution in [-0.2, 0) is 4.74 Å². The van der Waals surface area contributed by atoms with E-state index in [-0.39, 0.29) is 5.60 Å². The summed E-state index contributed by atoms with van der Waals surface area (Å²) in [5.41, 5.74) is 0.533. The summed E-state index contributed by atoms with van der Waals surface area (Å²) in [7, 11) is 0. The van der Waals surface area contributed by atoms with Crippen molar-refractivity contribution in [2.24, 2.45) is 11.3 Å². The minimum absolute atomic E-state index is 0.0896. The van der Waals surface area contributed by atoms with Crippen LogP contribution in [0.5, 0.6) is 0 Å². The normalized spacial score (nSPS) is 29.4. The van der Waals surface area contributed by atoms with Gasteiger partial charge in [0, 0.05) is 6.54 Å². The molecule has 0 heterocycles. The van der Waals surface area contributed by atoms with Gasteiger partial charge in [0.05, 0.1) is 11.7 Å². The van der Waals surface area contributed by atoms with Crippen molar-refractivity contribution in [1.82, 2.24) is 5.32 Å². The Bertz CT molecular complexity index is 261. The molecule has 20 heavy (non-hydrogen) atoms. The molecule has 0 bridgehead atoms. The van der Waals surface area contributed by atoms with Gasteiger partial charge in [-0.2, -0.15) is 0 Å². The van der Waals surface area contributed by atoms with E-state index in [0.29, 0.717) is 11.5 Å². The molecule has 1 N–H and O–H groups in total. The van der Waals surface area contributed by atoms with Crippen LogP contribution < -0.4 is 5.32 Å². The Morgan fingerprint density at radius 3 is 2.25 bits per heavy atom. The van der Waals surface area contributed by atoms with Gasteiger partial charge in [-0.25, -0.2) is 0 Å². The third-order valence-corrected chi connectivity index (χ3v) is 5.02. The minimum Gasteiger partial charge on any atom is -0.371 e. The molecule has 1 saturated carbocycles. The first-order valence-electron chi connectivity index (χ1n) is 8.71. The van der Waals surface area contributed by atoms with E-state index in [2.05, 4.69) is 46.9 Å². The van der Waals surface area contributed by atoms with Gasteiger partial charge in [-0.1, -0.05) is 34.6 Å². The summed E-state index contributed by atoms with van der Waals surface area (Å²) in [4.78, 5) is 0. The van der Waals surface area contributed by atoms with Crippen molar-refractivity contribution in [1.29, 1.82) is 0 Å². The smallest absolute Gasteiger partial charge is 0.0810 e. The number of hydrogen-bond acceptors (Lipinski definition) is 2. The minimum atomic E-state index is 0.0896. The fourth-order valence-electron chi connectivity index (χ4n) is 3.35. The molecule has 2 nitrogen and oxygen atoms in total. The molecule has 1 aliphatic carbocycles. The molecule has 2 heteroatoms. The van der Waals surface area contributed by atoms with E-state index in [9.17, 15) is 0 Å². The summed E-state index contributed by atoms with van der Waals surface area (Å²) in [5.74, 6) is 0.849. The molecule has 1 fully saturated rings. The summed E-state index contributed by atoms with van der Waals surface area (Å²) < 4.78 is 6.47. The Hall–Kier alpha value is -0.0800. The second-order valence-electron chi connectivity index (χ2n) is 7.84. The fraction of sp³-hybridized carbons (Fsp3) is 1.00. The molecule has 1 unspecified atom stereocenters. The Morgan fingerprint density at radius 1 is 1.20 bits per heavy atom. The highest BCUT2D eigenvalue weighted by Crippen LogP contribution is 2.43. The first-order valence-corrected chi connectivity index (χ1v) is 8.71. The van der Waals surface area contributed by atoms with E-state index in [4.69, 9.17) is 4.74 Å². The second-order valence-corrected chi connectivity index (χ2v) is 7.84. The van der Waals surface area contributed by atoms with Crippen LogP contribution in [0.15, 0.2) is 0 Å². The molecule has 1 aliphatic rings. The molecule has 0 radical (unpaired) electrons. The molecule has 0 saturated heterocycles. The predicted molar refractivity (Wildman–Crippen MR) is 88.1 cm³/mol. The lowest BCUT2D eigenvalue weighted by Crippen LogP contribution is -2.48. The molecular formula is C18H37NO. The van der Waals surface area contributed by atoms with Crippen LogP contribution >= 0.6 is 0 Å². The Morgan fingerprint density at radius 2 is 1.80 bits per heavy atom. The molecule has 0 aromatic rings. The van der Waals surface area contributed by atoms with E-state index in [1.165, 1.54) is 32.1 Å². The summed E-state index contributed by atoms with van der Waals surface area (Å²) in [6, 6.07) is 0. The van der Waals surface area contributed by atoms with Crippen molar-refractivity contribution in [3.05, 3.63) is 0 Å². The Balaban J connectivity index is 2.61. The topological polar surface area (TPSA) is 21.3 Å². The highest BCUT2D eigenvalue weighted by molar-refractivity contribution is 4.92. The van der Waals surface area contributed by atoms with Crippen LogP contribution in [-0.4, -0.2) is 24.8 Å². The molecule has 0 amide bonds. The third-order valence-electron chi connectivity index (χ3n) is 5.02. The van der Waals surface area contributed by atoms with Crippen LogP contribution in [0.25, 0.3) is 0 Å². The van der Waals surface area contributed by atoms with Crippen molar-refractivity contribution in [2.45, 2.75) is 91.8 Å². The molecule has 0 aliphatic heterocycles. The molecule has 0 aromatic heterocycles. The summed E-state index contributed by atoms with van der Waals surface area (Å²) in [5, 5.41) is 3.60. The van der Waals surface area contributed by atoms with Crippen molar-refractivity contribution in [3.8, 4) is 0 Å². The van der Waals surface area contributed by atoms with Crippen molar-refractivity contribution in [2.75, 3.05) is 13.1 Å². The largest absolute Gasteiger partial charge is 0.371 e. The van der Waals surface area contributed by atoms with Gasteiger partial charge >= 0.3 is 0 Å². The number of nitrogens with one attached hydrogen (secondary N) is 1. The second kappa shape index (κ2) is 7.79. The lowest BCUT2D eigenvalue weighted by atomic mass is 9.68. The van der Waals surface area contributed by atoms with Crippen LogP contribution in [0.1, 0.15) is 80.1 Å². The summed E-state index contributed by atoms with van der Waals surface area (Å²) in [6.45, 7) is 16.0. The van der Waals surface area contributed by atoms with Gasteiger partial charge in [0.2, 0.25) is 0 Å². The lowest BCUT2D eigenvalue weighted by molar-refractivity contribution is -0.118. The SMILES string of the molecule is CCCNCC1(OC(C)CC)CCC(C(C)(C)C)CC1. The van der Waals surface area contributed by atoms with Gasteiger partial charge in [-0.05, 0) is 63.3 Å². The first-order chi connectivity index (χ1) is 9.33. The number of hydrogen-bond donors (Lipinski definition) is 1. The van der Waals surface area contributed by atoms with Crippen molar-refractivity contribution < 1.29 is 4.74 Å². The molecule has 1 atom stereocenters. The fourth-order valence-corrected chi connectivity index (χ4v) is 3.35. The van der Waals surface area contributed by atoms with Crippen molar-refractivity contribution >= 4 is 0 Å². The van der Waals surface area contributed by atoms with E-state index in [1.807, 2.05) is 0 Å². The summed E-state index contributed by atoms with van der Waals surface area (Å²) >= 11 is 0. The first kappa shape index (κ1) is 18.0. The van der Waals surface area contributed by atoms with E-state index in [0.717, 1.165) is 25.4 Å². The van der Waals surface area contributed by atoms with Gasteiger partial charge in [-0.15, -0.1) is 0 Å². The van der Waals surface area contributed by atoms with Crippen molar-refractivity contribution in [3.63, 3.8) is 0 Å². The molecule has 120 valence electrons. The zero-order chi connectivity index (χ0) is 15.2. The van der Waals surface area contributed by atoms with Gasteiger partial charge in [0.25, 0.3) is 0 Å². The zero-order valence-electron chi connectivity index (χ0n) is 14.7. The highest BCUT2D eigenvalue weighted by Gasteiger charge is 2.40. The van der Waals surface area contributed by atoms with Crippen LogP contribution in [0.4, 0.5) is 0 Å². The Kier molecular flexibility index (Phi) is 7.00. The highest BCUT2D eigenvalue weighted by atomic mass is 16.5. The predicted octanol–water partition coefficient (Wildman–Crippen LogP) is 4.78. The average Bonchev–Trinajstić information content (AvgIpc) is 2.38. The average molecular weight is 284 g/mol. The van der Waals surface area contributed by atoms with E-state index < -0.39 is 0 Å². The summed E-state index contributed by atoms with van der Waals surface area (Å²) in [6.07, 6.45) is 7.75. The van der Waals surface area contributed by atoms with Gasteiger partial charge < -0.3 is 10.1 Å². The maximum atomic E-state index is 6.47. The lowest BCUT2D eigenvalue weighted by Gasteiger charge is -2.45. The number of rotatable bonds is 7. The molecule has 0 spiro atoms. The van der Waals surface area contributed by atoms with Crippen LogP contribution in [0.2, 0.25) is 0 Å². The van der Waals surface area contributed by atoms with Crippen LogP contribution in [0.3, 0.4) is 0 Å².